The van der Waals surface area contributed by atoms with Crippen molar-refractivity contribution in [1.82, 2.24) is 4.90 Å². The molecule has 0 saturated heterocycles. The molecule has 1 amide bonds. The van der Waals surface area contributed by atoms with Crippen LogP contribution in [0, 0.1) is 11.6 Å². The molecule has 0 N–H and O–H groups in total. The van der Waals surface area contributed by atoms with E-state index in [4.69, 9.17) is 11.6 Å². The van der Waals surface area contributed by atoms with Crippen LogP contribution in [-0.2, 0) is 0 Å². The number of carbonyl (C=O) groups excluding carboxylic acids is 1. The summed E-state index contributed by atoms with van der Waals surface area (Å²) in [7, 11) is 1.64. The van der Waals surface area contributed by atoms with Gasteiger partial charge in [-0.15, -0.1) is 11.6 Å². The molecular formula is C13H16ClF2NO. The number of nitrogens with zero attached hydrogens (tertiary/aromatic N) is 1. The van der Waals surface area contributed by atoms with Crippen molar-refractivity contribution < 1.29 is 13.6 Å². The van der Waals surface area contributed by atoms with Gasteiger partial charge in [-0.25, -0.2) is 8.78 Å². The summed E-state index contributed by atoms with van der Waals surface area (Å²) in [5, 5.41) is 0. The van der Waals surface area contributed by atoms with E-state index < -0.39 is 11.6 Å². The van der Waals surface area contributed by atoms with Crippen LogP contribution >= 0.6 is 11.6 Å². The topological polar surface area (TPSA) is 20.3 Å². The van der Waals surface area contributed by atoms with Gasteiger partial charge in [0.25, 0.3) is 5.91 Å². The summed E-state index contributed by atoms with van der Waals surface area (Å²) in [5.41, 5.74) is 0.161. The smallest absolute Gasteiger partial charge is 0.253 e. The van der Waals surface area contributed by atoms with E-state index in [-0.39, 0.29) is 11.5 Å². The van der Waals surface area contributed by atoms with Crippen molar-refractivity contribution in [1.29, 1.82) is 0 Å². The first-order valence-corrected chi connectivity index (χ1v) is 6.36. The number of hydrogen-bond acceptors (Lipinski definition) is 1. The lowest BCUT2D eigenvalue weighted by Crippen LogP contribution is -2.27. The summed E-state index contributed by atoms with van der Waals surface area (Å²) in [4.78, 5) is 13.4. The number of unbranched alkanes of at least 4 members (excludes halogenated alkanes) is 2. The van der Waals surface area contributed by atoms with Gasteiger partial charge in [-0.2, -0.15) is 0 Å². The molecule has 0 radical (unpaired) electrons. The predicted molar refractivity (Wildman–Crippen MR) is 67.9 cm³/mol. The standard InChI is InChI=1S/C13H16ClF2NO/c1-17(8-4-2-3-7-14)13(18)10-5-6-11(15)12(16)9-10/h5-6,9H,2-4,7-8H2,1H3. The molecule has 0 heterocycles. The molecule has 0 aromatic heterocycles. The Morgan fingerprint density at radius 2 is 1.94 bits per heavy atom. The summed E-state index contributed by atoms with van der Waals surface area (Å²) >= 11 is 5.55. The Balaban J connectivity index is 2.54. The lowest BCUT2D eigenvalue weighted by Gasteiger charge is -2.17. The second-order valence-electron chi connectivity index (χ2n) is 4.11. The molecule has 5 heteroatoms. The average Bonchev–Trinajstić information content (AvgIpc) is 2.37. The molecule has 100 valence electrons. The fourth-order valence-electron chi connectivity index (χ4n) is 1.57. The fourth-order valence-corrected chi connectivity index (χ4v) is 1.76. The van der Waals surface area contributed by atoms with E-state index in [0.717, 1.165) is 31.4 Å². The highest BCUT2D eigenvalue weighted by Gasteiger charge is 2.13. The van der Waals surface area contributed by atoms with Crippen molar-refractivity contribution in [3.8, 4) is 0 Å². The van der Waals surface area contributed by atoms with Gasteiger partial charge in [-0.1, -0.05) is 6.42 Å². The molecule has 0 saturated carbocycles. The van der Waals surface area contributed by atoms with Gasteiger partial charge in [0.15, 0.2) is 11.6 Å². The van der Waals surface area contributed by atoms with Crippen molar-refractivity contribution in [2.24, 2.45) is 0 Å². The molecule has 0 bridgehead atoms. The molecule has 0 spiro atoms. The highest BCUT2D eigenvalue weighted by molar-refractivity contribution is 6.17. The third-order valence-corrected chi connectivity index (χ3v) is 2.91. The summed E-state index contributed by atoms with van der Waals surface area (Å²) < 4.78 is 25.7. The van der Waals surface area contributed by atoms with Gasteiger partial charge in [0.2, 0.25) is 0 Å². The highest BCUT2D eigenvalue weighted by atomic mass is 35.5. The molecule has 0 aliphatic heterocycles. The minimum atomic E-state index is -1.00. The van der Waals surface area contributed by atoms with Crippen LogP contribution < -0.4 is 0 Å². The van der Waals surface area contributed by atoms with Crippen molar-refractivity contribution >= 4 is 17.5 Å². The summed E-state index contributed by atoms with van der Waals surface area (Å²) in [6, 6.07) is 3.17. The van der Waals surface area contributed by atoms with Crippen molar-refractivity contribution in [2.75, 3.05) is 19.5 Å². The van der Waals surface area contributed by atoms with Gasteiger partial charge in [-0.05, 0) is 31.0 Å². The van der Waals surface area contributed by atoms with Gasteiger partial charge in [0.1, 0.15) is 0 Å². The maximum absolute atomic E-state index is 13.0. The largest absolute Gasteiger partial charge is 0.342 e. The minimum absolute atomic E-state index is 0.161. The molecule has 0 atom stereocenters. The van der Waals surface area contributed by atoms with E-state index in [1.807, 2.05) is 0 Å². The molecule has 1 aromatic carbocycles. The second kappa shape index (κ2) is 7.31. The third-order valence-electron chi connectivity index (χ3n) is 2.64. The number of alkyl halides is 1. The molecular weight excluding hydrogens is 260 g/mol. The summed E-state index contributed by atoms with van der Waals surface area (Å²) in [5.74, 6) is -1.65. The zero-order chi connectivity index (χ0) is 13.5. The normalized spacial score (nSPS) is 10.4. The first kappa shape index (κ1) is 14.9. The number of carbonyl (C=O) groups is 1. The van der Waals surface area contributed by atoms with Crippen molar-refractivity contribution in [3.63, 3.8) is 0 Å². The van der Waals surface area contributed by atoms with E-state index in [0.29, 0.717) is 12.4 Å². The first-order chi connectivity index (χ1) is 8.56. The Kier molecular flexibility index (Phi) is 6.05. The number of amides is 1. The molecule has 0 aliphatic rings. The molecule has 1 aromatic rings. The highest BCUT2D eigenvalue weighted by Crippen LogP contribution is 2.11. The molecule has 2 nitrogen and oxygen atoms in total. The van der Waals surface area contributed by atoms with Gasteiger partial charge >= 0.3 is 0 Å². The lowest BCUT2D eigenvalue weighted by molar-refractivity contribution is 0.0792. The van der Waals surface area contributed by atoms with Crippen LogP contribution in [0.3, 0.4) is 0 Å². The van der Waals surface area contributed by atoms with Crippen molar-refractivity contribution in [2.45, 2.75) is 19.3 Å². The van der Waals surface area contributed by atoms with Gasteiger partial charge in [0, 0.05) is 25.0 Å². The predicted octanol–water partition coefficient (Wildman–Crippen LogP) is 3.45. The first-order valence-electron chi connectivity index (χ1n) is 5.82. The monoisotopic (exact) mass is 275 g/mol. The Morgan fingerprint density at radius 3 is 2.56 bits per heavy atom. The van der Waals surface area contributed by atoms with Crippen LogP contribution in [0.2, 0.25) is 0 Å². The van der Waals surface area contributed by atoms with E-state index in [9.17, 15) is 13.6 Å². The van der Waals surface area contributed by atoms with Crippen LogP contribution in [0.4, 0.5) is 8.78 Å². The summed E-state index contributed by atoms with van der Waals surface area (Å²) in [6.45, 7) is 0.578. The average molecular weight is 276 g/mol. The van der Waals surface area contributed by atoms with E-state index in [1.54, 1.807) is 7.05 Å². The Bertz CT molecular complexity index is 412. The van der Waals surface area contributed by atoms with Gasteiger partial charge in [0.05, 0.1) is 0 Å². The maximum Gasteiger partial charge on any atom is 0.253 e. The van der Waals surface area contributed by atoms with Crippen LogP contribution in [-0.4, -0.2) is 30.3 Å². The van der Waals surface area contributed by atoms with Crippen LogP contribution in [0.15, 0.2) is 18.2 Å². The van der Waals surface area contributed by atoms with Crippen LogP contribution in [0.25, 0.3) is 0 Å². The SMILES string of the molecule is CN(CCCCCCl)C(=O)c1ccc(F)c(F)c1. The molecule has 0 aliphatic carbocycles. The number of hydrogen-bond donors (Lipinski definition) is 0. The molecule has 0 unspecified atom stereocenters. The number of rotatable bonds is 6. The number of halogens is 3. The van der Waals surface area contributed by atoms with Crippen molar-refractivity contribution in [3.05, 3.63) is 35.4 Å². The fraction of sp³-hybridized carbons (Fsp3) is 0.462. The zero-order valence-electron chi connectivity index (χ0n) is 10.3. The van der Waals surface area contributed by atoms with E-state index in [1.165, 1.54) is 11.0 Å². The zero-order valence-corrected chi connectivity index (χ0v) is 11.0. The minimum Gasteiger partial charge on any atom is -0.342 e. The quantitative estimate of drug-likeness (QED) is 0.575. The second-order valence-corrected chi connectivity index (χ2v) is 4.48. The third kappa shape index (κ3) is 4.26. The molecule has 18 heavy (non-hydrogen) atoms. The maximum atomic E-state index is 13.0. The molecule has 0 fully saturated rings. The van der Waals surface area contributed by atoms with Gasteiger partial charge in [-0.3, -0.25) is 4.79 Å². The van der Waals surface area contributed by atoms with Crippen LogP contribution in [0.5, 0.6) is 0 Å². The van der Waals surface area contributed by atoms with Crippen LogP contribution in [0.1, 0.15) is 29.6 Å². The van der Waals surface area contributed by atoms with E-state index in [2.05, 4.69) is 0 Å². The Hall–Kier alpha value is -1.16. The Labute approximate surface area is 111 Å². The lowest BCUT2D eigenvalue weighted by atomic mass is 10.2. The summed E-state index contributed by atoms with van der Waals surface area (Å²) in [6.07, 6.45) is 2.70. The number of benzene rings is 1. The molecule has 1 rings (SSSR count). The van der Waals surface area contributed by atoms with E-state index >= 15 is 0 Å². The van der Waals surface area contributed by atoms with Gasteiger partial charge < -0.3 is 4.90 Å². The Morgan fingerprint density at radius 1 is 1.22 bits per heavy atom.